The third kappa shape index (κ3) is 3.76. The molecule has 1 aromatic rings. The van der Waals surface area contributed by atoms with Crippen molar-refractivity contribution in [3.63, 3.8) is 0 Å². The van der Waals surface area contributed by atoms with Crippen molar-refractivity contribution < 1.29 is 13.6 Å². The molecule has 0 spiro atoms. The molecule has 2 nitrogen and oxygen atoms in total. The molecule has 1 saturated carbocycles. The molecule has 0 radical (unpaired) electrons. The molecule has 0 amide bonds. The molecular formula is C14H19F2NOS. The van der Waals surface area contributed by atoms with Gasteiger partial charge in [-0.25, -0.2) is 8.78 Å². The highest BCUT2D eigenvalue weighted by molar-refractivity contribution is 7.77. The molecule has 1 fully saturated rings. The Bertz CT molecular complexity index is 479. The van der Waals surface area contributed by atoms with Gasteiger partial charge in [0.15, 0.2) is 5.78 Å². The smallest absolute Gasteiger partial charge is 0.171 e. The van der Waals surface area contributed by atoms with Crippen LogP contribution in [0.15, 0.2) is 12.1 Å². The lowest BCUT2D eigenvalue weighted by Crippen LogP contribution is -2.21. The second-order valence-electron chi connectivity index (χ2n) is 5.71. The van der Waals surface area contributed by atoms with Gasteiger partial charge in [-0.15, -0.1) is 12.8 Å². The third-order valence-electron chi connectivity index (χ3n) is 3.03. The normalized spacial score (nSPS) is 14.7. The summed E-state index contributed by atoms with van der Waals surface area (Å²) >= 11 is 3.03. The van der Waals surface area contributed by atoms with Crippen molar-refractivity contribution in [3.05, 3.63) is 34.9 Å². The molecule has 1 aromatic carbocycles. The molecule has 0 unspecified atom stereocenters. The van der Waals surface area contributed by atoms with Crippen LogP contribution in [0.3, 0.4) is 0 Å². The zero-order valence-corrected chi connectivity index (χ0v) is 12.2. The number of hydrogen-bond donors (Lipinski definition) is 2. The number of nitrogens with two attached hydrogens (primary N) is 1. The van der Waals surface area contributed by atoms with Gasteiger partial charge in [0.1, 0.15) is 11.6 Å². The minimum absolute atomic E-state index is 0.0146. The van der Waals surface area contributed by atoms with Gasteiger partial charge in [0.05, 0.1) is 5.56 Å². The standard InChI is InChI=1S/C14H16F2O.H3NS/c1-14(2,3)13(17)10-6-9(8-4-5-8)11(15)7-12(10)16;1-2/h6-8H,4-5H2,1-3H3;2H,1H2. The fourth-order valence-electron chi connectivity index (χ4n) is 1.85. The Labute approximate surface area is 117 Å². The molecular weight excluding hydrogens is 268 g/mol. The molecule has 2 rings (SSSR count). The Morgan fingerprint density at radius 2 is 1.74 bits per heavy atom. The van der Waals surface area contributed by atoms with Crippen molar-refractivity contribution >= 4 is 18.6 Å². The molecule has 0 heterocycles. The molecule has 19 heavy (non-hydrogen) atoms. The summed E-state index contributed by atoms with van der Waals surface area (Å²) in [7, 11) is 0. The molecule has 0 aromatic heterocycles. The van der Waals surface area contributed by atoms with E-state index in [1.54, 1.807) is 20.8 Å². The van der Waals surface area contributed by atoms with Gasteiger partial charge in [0.2, 0.25) is 0 Å². The molecule has 0 bridgehead atoms. The second-order valence-corrected chi connectivity index (χ2v) is 5.71. The highest BCUT2D eigenvalue weighted by Crippen LogP contribution is 2.42. The zero-order chi connectivity index (χ0) is 14.8. The minimum atomic E-state index is -0.758. The Balaban J connectivity index is 0.000000861. The number of thiol groups is 1. The van der Waals surface area contributed by atoms with Crippen molar-refractivity contribution in [2.24, 2.45) is 10.6 Å². The van der Waals surface area contributed by atoms with Crippen molar-refractivity contribution in [2.75, 3.05) is 0 Å². The van der Waals surface area contributed by atoms with Crippen molar-refractivity contribution in [2.45, 2.75) is 39.5 Å². The number of rotatable bonds is 2. The van der Waals surface area contributed by atoms with Crippen LogP contribution in [-0.2, 0) is 0 Å². The zero-order valence-electron chi connectivity index (χ0n) is 11.3. The molecule has 0 saturated heterocycles. The van der Waals surface area contributed by atoms with E-state index in [0.717, 1.165) is 18.9 Å². The van der Waals surface area contributed by atoms with Crippen LogP contribution in [0.1, 0.15) is 55.5 Å². The van der Waals surface area contributed by atoms with Crippen molar-refractivity contribution in [3.8, 4) is 0 Å². The highest BCUT2D eigenvalue weighted by Gasteiger charge is 2.31. The van der Waals surface area contributed by atoms with E-state index in [1.807, 2.05) is 0 Å². The lowest BCUT2D eigenvalue weighted by Gasteiger charge is -2.17. The van der Waals surface area contributed by atoms with Gasteiger partial charge < -0.3 is 0 Å². The molecule has 1 aliphatic rings. The van der Waals surface area contributed by atoms with Crippen LogP contribution in [0.25, 0.3) is 0 Å². The van der Waals surface area contributed by atoms with Crippen LogP contribution < -0.4 is 5.14 Å². The first-order valence-corrected chi connectivity index (χ1v) is 6.62. The number of ketones is 1. The first-order chi connectivity index (χ1) is 8.80. The van der Waals surface area contributed by atoms with Gasteiger partial charge >= 0.3 is 0 Å². The van der Waals surface area contributed by atoms with E-state index in [-0.39, 0.29) is 17.3 Å². The van der Waals surface area contributed by atoms with Crippen molar-refractivity contribution in [1.82, 2.24) is 0 Å². The van der Waals surface area contributed by atoms with Gasteiger partial charge in [0.25, 0.3) is 0 Å². The Hall–Kier alpha value is -0.940. The van der Waals surface area contributed by atoms with Crippen LogP contribution in [0.4, 0.5) is 8.78 Å². The monoisotopic (exact) mass is 287 g/mol. The number of halogens is 2. The summed E-state index contributed by atoms with van der Waals surface area (Å²) in [5.41, 5.74) is -0.153. The summed E-state index contributed by atoms with van der Waals surface area (Å²) in [6.45, 7) is 5.19. The third-order valence-corrected chi connectivity index (χ3v) is 3.03. The average Bonchev–Trinajstić information content (AvgIpc) is 3.14. The minimum Gasteiger partial charge on any atom is -0.293 e. The van der Waals surface area contributed by atoms with E-state index in [1.165, 1.54) is 6.07 Å². The van der Waals surface area contributed by atoms with Gasteiger partial charge in [-0.3, -0.25) is 9.93 Å². The maximum Gasteiger partial charge on any atom is 0.171 e. The van der Waals surface area contributed by atoms with Crippen LogP contribution >= 0.6 is 12.8 Å². The fourth-order valence-corrected chi connectivity index (χ4v) is 1.85. The number of hydrogen-bond acceptors (Lipinski definition) is 3. The average molecular weight is 287 g/mol. The van der Waals surface area contributed by atoms with Gasteiger partial charge in [-0.1, -0.05) is 20.8 Å². The van der Waals surface area contributed by atoms with Crippen LogP contribution in [0.5, 0.6) is 0 Å². The second kappa shape index (κ2) is 6.01. The van der Waals surface area contributed by atoms with Gasteiger partial charge in [-0.2, -0.15) is 0 Å². The van der Waals surface area contributed by atoms with E-state index >= 15 is 0 Å². The quantitative estimate of drug-likeness (QED) is 0.640. The summed E-state index contributed by atoms with van der Waals surface area (Å²) in [6.07, 6.45) is 1.84. The van der Waals surface area contributed by atoms with E-state index in [9.17, 15) is 13.6 Å². The lowest BCUT2D eigenvalue weighted by atomic mass is 9.85. The molecule has 2 N–H and O–H groups in total. The van der Waals surface area contributed by atoms with E-state index in [2.05, 4.69) is 18.0 Å². The molecule has 5 heteroatoms. The van der Waals surface area contributed by atoms with Crippen LogP contribution in [0.2, 0.25) is 0 Å². The number of benzene rings is 1. The summed E-state index contributed by atoms with van der Waals surface area (Å²) in [5, 5.41) is 4.19. The van der Waals surface area contributed by atoms with Crippen molar-refractivity contribution in [1.29, 1.82) is 0 Å². The predicted molar refractivity (Wildman–Crippen MR) is 75.3 cm³/mol. The first-order valence-electron chi connectivity index (χ1n) is 6.10. The number of carbonyl (C=O) groups is 1. The molecule has 1 aliphatic carbocycles. The lowest BCUT2D eigenvalue weighted by molar-refractivity contribution is 0.0853. The number of carbonyl (C=O) groups excluding carboxylic acids is 1. The van der Waals surface area contributed by atoms with Crippen LogP contribution in [0, 0.1) is 17.0 Å². The van der Waals surface area contributed by atoms with E-state index in [0.29, 0.717) is 5.56 Å². The van der Waals surface area contributed by atoms with E-state index < -0.39 is 17.0 Å². The summed E-state index contributed by atoms with van der Waals surface area (Å²) in [6, 6.07) is 2.24. The maximum absolute atomic E-state index is 13.6. The van der Waals surface area contributed by atoms with E-state index in [4.69, 9.17) is 0 Å². The summed E-state index contributed by atoms with van der Waals surface area (Å²) < 4.78 is 27.2. The Morgan fingerprint density at radius 3 is 2.16 bits per heavy atom. The molecule has 0 atom stereocenters. The SMILES string of the molecule is CC(C)(C)C(=O)c1cc(C2CC2)c(F)cc1F.NS. The number of Topliss-reactive ketones (excluding diaryl/α,β-unsaturated/α-hetero) is 1. The Kier molecular flexibility index (Phi) is 5.10. The first kappa shape index (κ1) is 16.1. The topological polar surface area (TPSA) is 43.1 Å². The largest absolute Gasteiger partial charge is 0.293 e. The Morgan fingerprint density at radius 1 is 1.21 bits per heavy atom. The highest BCUT2D eigenvalue weighted by atomic mass is 32.1. The fraction of sp³-hybridized carbons (Fsp3) is 0.500. The molecule has 106 valence electrons. The summed E-state index contributed by atoms with van der Waals surface area (Å²) in [4.78, 5) is 12.0. The van der Waals surface area contributed by atoms with Gasteiger partial charge in [0, 0.05) is 11.5 Å². The summed E-state index contributed by atoms with van der Waals surface area (Å²) in [5.74, 6) is -1.40. The molecule has 0 aliphatic heterocycles. The maximum atomic E-state index is 13.6. The van der Waals surface area contributed by atoms with Crippen LogP contribution in [-0.4, -0.2) is 5.78 Å². The van der Waals surface area contributed by atoms with Gasteiger partial charge in [-0.05, 0) is 30.4 Å². The predicted octanol–water partition coefficient (Wildman–Crippen LogP) is 3.86.